The van der Waals surface area contributed by atoms with Crippen LogP contribution in [0.2, 0.25) is 0 Å². The molecule has 5 nitrogen and oxygen atoms in total. The molecule has 1 fully saturated rings. The summed E-state index contributed by atoms with van der Waals surface area (Å²) in [7, 11) is 0. The zero-order chi connectivity index (χ0) is 13.9. The number of amides is 1. The molecule has 0 aliphatic heterocycles. The Labute approximate surface area is 112 Å². The molecule has 0 radical (unpaired) electrons. The molecule has 1 aliphatic rings. The normalized spacial score (nSPS) is 17.1. The van der Waals surface area contributed by atoms with Crippen LogP contribution in [0.3, 0.4) is 0 Å². The molecular weight excluding hydrogens is 244 g/mol. The predicted octanol–water partition coefficient (Wildman–Crippen LogP) is 2.36. The molecule has 1 aromatic heterocycles. The number of aliphatic carboxylic acids is 1. The Kier molecular flexibility index (Phi) is 3.83. The topological polar surface area (TPSA) is 79.3 Å². The SMILES string of the molecule is Cc1ncccc1NC(=O)CC1(C(=O)O)CCCC1. The average Bonchev–Trinajstić information content (AvgIpc) is 2.82. The van der Waals surface area contributed by atoms with Crippen molar-refractivity contribution in [2.75, 3.05) is 5.32 Å². The predicted molar refractivity (Wildman–Crippen MR) is 70.8 cm³/mol. The Morgan fingerprint density at radius 1 is 1.42 bits per heavy atom. The quantitative estimate of drug-likeness (QED) is 0.873. The maximum Gasteiger partial charge on any atom is 0.310 e. The van der Waals surface area contributed by atoms with Crippen LogP contribution in [0.5, 0.6) is 0 Å². The molecule has 1 aromatic rings. The molecule has 1 heterocycles. The third kappa shape index (κ3) is 2.92. The fraction of sp³-hybridized carbons (Fsp3) is 0.500. The monoisotopic (exact) mass is 262 g/mol. The van der Waals surface area contributed by atoms with Crippen molar-refractivity contribution >= 4 is 17.6 Å². The van der Waals surface area contributed by atoms with Crippen molar-refractivity contribution in [3.05, 3.63) is 24.0 Å². The molecule has 102 valence electrons. The highest BCUT2D eigenvalue weighted by atomic mass is 16.4. The van der Waals surface area contributed by atoms with Crippen LogP contribution < -0.4 is 5.32 Å². The van der Waals surface area contributed by atoms with E-state index in [2.05, 4.69) is 10.3 Å². The first-order valence-electron chi connectivity index (χ1n) is 6.48. The molecule has 0 unspecified atom stereocenters. The molecule has 0 atom stereocenters. The van der Waals surface area contributed by atoms with Gasteiger partial charge in [-0.3, -0.25) is 14.6 Å². The molecule has 0 spiro atoms. The van der Waals surface area contributed by atoms with E-state index in [9.17, 15) is 14.7 Å². The molecule has 0 saturated heterocycles. The van der Waals surface area contributed by atoms with Crippen molar-refractivity contribution in [2.45, 2.75) is 39.0 Å². The molecule has 2 rings (SSSR count). The average molecular weight is 262 g/mol. The molecular formula is C14H18N2O3. The highest BCUT2D eigenvalue weighted by molar-refractivity contribution is 5.94. The van der Waals surface area contributed by atoms with Gasteiger partial charge < -0.3 is 10.4 Å². The highest BCUT2D eigenvalue weighted by Gasteiger charge is 2.42. The van der Waals surface area contributed by atoms with E-state index in [0.29, 0.717) is 18.5 Å². The van der Waals surface area contributed by atoms with Crippen LogP contribution in [0.15, 0.2) is 18.3 Å². The first kappa shape index (κ1) is 13.5. The number of nitrogens with zero attached hydrogens (tertiary/aromatic N) is 1. The van der Waals surface area contributed by atoms with Crippen molar-refractivity contribution in [1.82, 2.24) is 4.98 Å². The number of anilines is 1. The summed E-state index contributed by atoms with van der Waals surface area (Å²) in [5.74, 6) is -1.11. The van der Waals surface area contributed by atoms with Crippen molar-refractivity contribution < 1.29 is 14.7 Å². The number of nitrogens with one attached hydrogen (secondary N) is 1. The summed E-state index contributed by atoms with van der Waals surface area (Å²) in [6, 6.07) is 3.51. The minimum absolute atomic E-state index is 0.0384. The van der Waals surface area contributed by atoms with Gasteiger partial charge in [0.15, 0.2) is 0 Å². The summed E-state index contributed by atoms with van der Waals surface area (Å²) in [5.41, 5.74) is 0.498. The van der Waals surface area contributed by atoms with Gasteiger partial charge in [0.2, 0.25) is 5.91 Å². The number of carboxylic acid groups (broad SMARTS) is 1. The van der Waals surface area contributed by atoms with Crippen LogP contribution in [-0.2, 0) is 9.59 Å². The van der Waals surface area contributed by atoms with Gasteiger partial charge in [-0.25, -0.2) is 0 Å². The van der Waals surface area contributed by atoms with Crippen LogP contribution in [0, 0.1) is 12.3 Å². The second-order valence-corrected chi connectivity index (χ2v) is 5.15. The Morgan fingerprint density at radius 2 is 2.11 bits per heavy atom. The van der Waals surface area contributed by atoms with E-state index in [-0.39, 0.29) is 12.3 Å². The second kappa shape index (κ2) is 5.38. The molecule has 1 saturated carbocycles. The van der Waals surface area contributed by atoms with Gasteiger partial charge in [-0.15, -0.1) is 0 Å². The maximum atomic E-state index is 12.0. The van der Waals surface area contributed by atoms with E-state index < -0.39 is 11.4 Å². The number of aryl methyl sites for hydroxylation is 1. The fourth-order valence-electron chi connectivity index (χ4n) is 2.64. The maximum absolute atomic E-state index is 12.0. The van der Waals surface area contributed by atoms with Gasteiger partial charge in [0, 0.05) is 12.6 Å². The fourth-order valence-corrected chi connectivity index (χ4v) is 2.64. The summed E-state index contributed by atoms with van der Waals surface area (Å²) in [6.07, 6.45) is 4.62. The second-order valence-electron chi connectivity index (χ2n) is 5.15. The molecule has 1 aliphatic carbocycles. The third-order valence-electron chi connectivity index (χ3n) is 3.79. The molecule has 5 heteroatoms. The minimum Gasteiger partial charge on any atom is -0.481 e. The lowest BCUT2D eigenvalue weighted by atomic mass is 9.82. The van der Waals surface area contributed by atoms with Gasteiger partial charge in [-0.2, -0.15) is 0 Å². The number of pyridine rings is 1. The van der Waals surface area contributed by atoms with Crippen LogP contribution in [0.1, 0.15) is 37.8 Å². The molecule has 1 amide bonds. The van der Waals surface area contributed by atoms with E-state index in [4.69, 9.17) is 0 Å². The number of carbonyl (C=O) groups is 2. The molecule has 0 aromatic carbocycles. The Morgan fingerprint density at radius 3 is 2.68 bits per heavy atom. The van der Waals surface area contributed by atoms with E-state index in [1.165, 1.54) is 0 Å². The van der Waals surface area contributed by atoms with Gasteiger partial charge in [0.05, 0.1) is 16.8 Å². The zero-order valence-electron chi connectivity index (χ0n) is 11.0. The minimum atomic E-state index is -0.875. The van der Waals surface area contributed by atoms with Crippen LogP contribution in [0.25, 0.3) is 0 Å². The number of hydrogen-bond acceptors (Lipinski definition) is 3. The standard InChI is InChI=1S/C14H18N2O3/c1-10-11(5-4-8-15-10)16-12(17)9-14(13(18)19)6-2-3-7-14/h4-5,8H,2-3,6-7,9H2,1H3,(H,16,17)(H,18,19). The van der Waals surface area contributed by atoms with Gasteiger partial charge in [-0.1, -0.05) is 12.8 Å². The summed E-state index contributed by atoms with van der Waals surface area (Å²) in [5, 5.41) is 12.1. The molecule has 2 N–H and O–H groups in total. The summed E-state index contributed by atoms with van der Waals surface area (Å²) in [4.78, 5) is 27.5. The van der Waals surface area contributed by atoms with Crippen molar-refractivity contribution in [2.24, 2.45) is 5.41 Å². The van der Waals surface area contributed by atoms with Crippen LogP contribution >= 0.6 is 0 Å². The van der Waals surface area contributed by atoms with Gasteiger partial charge in [-0.05, 0) is 31.9 Å². The van der Waals surface area contributed by atoms with Crippen molar-refractivity contribution in [1.29, 1.82) is 0 Å². The lowest BCUT2D eigenvalue weighted by molar-refractivity contribution is -0.150. The number of rotatable bonds is 4. The van der Waals surface area contributed by atoms with Gasteiger partial charge in [0.25, 0.3) is 0 Å². The van der Waals surface area contributed by atoms with E-state index in [1.54, 1.807) is 25.3 Å². The molecule has 19 heavy (non-hydrogen) atoms. The van der Waals surface area contributed by atoms with Crippen LogP contribution in [0.4, 0.5) is 5.69 Å². The van der Waals surface area contributed by atoms with E-state index in [1.807, 2.05) is 0 Å². The largest absolute Gasteiger partial charge is 0.481 e. The Bertz CT molecular complexity index is 493. The van der Waals surface area contributed by atoms with Crippen molar-refractivity contribution in [3.63, 3.8) is 0 Å². The zero-order valence-corrected chi connectivity index (χ0v) is 11.0. The first-order valence-corrected chi connectivity index (χ1v) is 6.48. The van der Waals surface area contributed by atoms with E-state index >= 15 is 0 Å². The Hall–Kier alpha value is -1.91. The van der Waals surface area contributed by atoms with Gasteiger partial charge >= 0.3 is 5.97 Å². The highest BCUT2D eigenvalue weighted by Crippen LogP contribution is 2.41. The smallest absolute Gasteiger partial charge is 0.310 e. The molecule has 0 bridgehead atoms. The number of aromatic nitrogens is 1. The summed E-state index contributed by atoms with van der Waals surface area (Å²) in [6.45, 7) is 1.80. The Balaban J connectivity index is 2.05. The summed E-state index contributed by atoms with van der Waals surface area (Å²) >= 11 is 0. The number of carboxylic acids is 1. The van der Waals surface area contributed by atoms with Gasteiger partial charge in [0.1, 0.15) is 0 Å². The lowest BCUT2D eigenvalue weighted by Gasteiger charge is -2.23. The lowest BCUT2D eigenvalue weighted by Crippen LogP contribution is -2.32. The summed E-state index contributed by atoms with van der Waals surface area (Å²) < 4.78 is 0. The van der Waals surface area contributed by atoms with E-state index in [0.717, 1.165) is 18.5 Å². The van der Waals surface area contributed by atoms with Crippen LogP contribution in [-0.4, -0.2) is 22.0 Å². The van der Waals surface area contributed by atoms with Crippen molar-refractivity contribution in [3.8, 4) is 0 Å². The third-order valence-corrected chi connectivity index (χ3v) is 3.79. The number of carbonyl (C=O) groups excluding carboxylic acids is 1. The first-order chi connectivity index (χ1) is 9.03. The number of hydrogen-bond donors (Lipinski definition) is 2.